The zero-order valence-electron chi connectivity index (χ0n) is 17.8. The van der Waals surface area contributed by atoms with Crippen molar-refractivity contribution < 1.29 is 38.2 Å². The Bertz CT molecular complexity index is 938. The molecule has 3 rings (SSSR count). The molecule has 0 aliphatic carbocycles. The third-order valence-electron chi connectivity index (χ3n) is 5.03. The molecule has 11 nitrogen and oxygen atoms in total. The van der Waals surface area contributed by atoms with Gasteiger partial charge < -0.3 is 19.5 Å². The van der Waals surface area contributed by atoms with Gasteiger partial charge in [-0.2, -0.15) is 0 Å². The molecule has 0 radical (unpaired) electrons. The summed E-state index contributed by atoms with van der Waals surface area (Å²) in [6.45, 7) is 1.53. The molecule has 1 aromatic carbocycles. The maximum Gasteiger partial charge on any atom is 0.266 e. The Morgan fingerprint density at radius 3 is 2.67 bits per heavy atom. The number of fused-ring (bicyclic) bond motifs is 1. The molecule has 0 saturated carbocycles. The maximum atomic E-state index is 13.0. The third-order valence-corrected chi connectivity index (χ3v) is 5.47. The lowest BCUT2D eigenvalue weighted by molar-refractivity contribution is -0.136. The van der Waals surface area contributed by atoms with Crippen molar-refractivity contribution in [3.8, 4) is 5.75 Å². The highest BCUT2D eigenvalue weighted by Gasteiger charge is 2.46. The van der Waals surface area contributed by atoms with E-state index in [1.165, 1.54) is 18.2 Å². The minimum absolute atomic E-state index is 0.00196. The summed E-state index contributed by atoms with van der Waals surface area (Å²) >= 11 is 2.10. The smallest absolute Gasteiger partial charge is 0.266 e. The summed E-state index contributed by atoms with van der Waals surface area (Å²) in [4.78, 5) is 62.3. The lowest BCUT2D eigenvalue weighted by Gasteiger charge is -2.27. The molecule has 1 aromatic rings. The number of halogens is 1. The van der Waals surface area contributed by atoms with Crippen molar-refractivity contribution in [3.05, 3.63) is 29.3 Å². The lowest BCUT2D eigenvalue weighted by atomic mass is 10.0. The van der Waals surface area contributed by atoms with E-state index in [-0.39, 0.29) is 42.2 Å². The summed E-state index contributed by atoms with van der Waals surface area (Å²) in [5, 5.41) is 4.84. The van der Waals surface area contributed by atoms with E-state index in [1.807, 2.05) is 0 Å². The SMILES string of the molecule is O=C(COc1cccc2c1C(=O)N(C1CCC(=O)NC1=O)C2=O)NCCCOCCOCI. The molecule has 2 heterocycles. The van der Waals surface area contributed by atoms with Gasteiger partial charge in [0.15, 0.2) is 6.61 Å². The first-order valence-corrected chi connectivity index (χ1v) is 11.9. The number of imide groups is 2. The summed E-state index contributed by atoms with van der Waals surface area (Å²) in [7, 11) is 0. The molecular weight excluding hydrogens is 549 g/mol. The Labute approximate surface area is 203 Å². The van der Waals surface area contributed by atoms with Crippen LogP contribution in [0.2, 0.25) is 0 Å². The first-order chi connectivity index (χ1) is 15.9. The van der Waals surface area contributed by atoms with Crippen LogP contribution in [0, 0.1) is 0 Å². The van der Waals surface area contributed by atoms with Gasteiger partial charge in [-0.05, 0) is 25.0 Å². The standard InChI is InChI=1S/C21H24IN3O8/c22-12-32-10-9-31-8-2-7-23-17(27)11-33-15-4-1-3-13-18(15)21(30)25(20(13)29)14-5-6-16(26)24-19(14)28/h1,3-4,14H,2,5-12H2,(H,23,27)(H,24,26,28). The predicted octanol–water partition coefficient (Wildman–Crippen LogP) is 0.399. The Hall–Kier alpha value is -2.58. The molecule has 0 bridgehead atoms. The van der Waals surface area contributed by atoms with Crippen LogP contribution >= 0.6 is 22.6 Å². The van der Waals surface area contributed by atoms with Gasteiger partial charge in [-0.25, -0.2) is 0 Å². The lowest BCUT2D eigenvalue weighted by Crippen LogP contribution is -2.54. The van der Waals surface area contributed by atoms with E-state index >= 15 is 0 Å². The van der Waals surface area contributed by atoms with Crippen molar-refractivity contribution in [2.24, 2.45) is 0 Å². The van der Waals surface area contributed by atoms with E-state index in [2.05, 4.69) is 33.2 Å². The number of nitrogens with one attached hydrogen (secondary N) is 2. The number of rotatable bonds is 12. The van der Waals surface area contributed by atoms with E-state index in [9.17, 15) is 24.0 Å². The van der Waals surface area contributed by atoms with E-state index in [0.717, 1.165) is 4.90 Å². The number of hydrogen-bond donors (Lipinski definition) is 2. The number of benzene rings is 1. The molecule has 1 unspecified atom stereocenters. The minimum Gasteiger partial charge on any atom is -0.483 e. The molecule has 1 fully saturated rings. The fraction of sp³-hybridized carbons (Fsp3) is 0.476. The molecule has 2 aliphatic heterocycles. The van der Waals surface area contributed by atoms with Crippen LogP contribution in [0.4, 0.5) is 0 Å². The van der Waals surface area contributed by atoms with Crippen LogP contribution in [-0.4, -0.2) is 78.1 Å². The van der Waals surface area contributed by atoms with Gasteiger partial charge in [0.1, 0.15) is 11.8 Å². The largest absolute Gasteiger partial charge is 0.483 e. The van der Waals surface area contributed by atoms with Crippen LogP contribution in [0.5, 0.6) is 5.75 Å². The quantitative estimate of drug-likeness (QED) is 0.159. The van der Waals surface area contributed by atoms with Crippen molar-refractivity contribution in [2.75, 3.05) is 37.6 Å². The van der Waals surface area contributed by atoms with Crippen LogP contribution in [0.1, 0.15) is 40.0 Å². The number of alkyl halides is 1. The van der Waals surface area contributed by atoms with Crippen LogP contribution in [0.3, 0.4) is 0 Å². The molecule has 12 heteroatoms. The summed E-state index contributed by atoms with van der Waals surface area (Å²) in [5.41, 5.74) is 0.0911. The fourth-order valence-corrected chi connectivity index (χ4v) is 3.79. The number of amides is 5. The van der Waals surface area contributed by atoms with Gasteiger partial charge in [0.2, 0.25) is 11.8 Å². The zero-order chi connectivity index (χ0) is 23.8. The van der Waals surface area contributed by atoms with Gasteiger partial charge in [-0.1, -0.05) is 28.7 Å². The summed E-state index contributed by atoms with van der Waals surface area (Å²) in [6.07, 6.45) is 0.707. The Balaban J connectivity index is 1.52. The zero-order valence-corrected chi connectivity index (χ0v) is 19.9. The third kappa shape index (κ3) is 6.26. The molecule has 5 amide bonds. The summed E-state index contributed by atoms with van der Waals surface area (Å²) < 4.78 is 16.6. The molecule has 0 aromatic heterocycles. The first kappa shape index (κ1) is 25.1. The Morgan fingerprint density at radius 2 is 1.91 bits per heavy atom. The van der Waals surface area contributed by atoms with Gasteiger partial charge in [0.05, 0.1) is 29.0 Å². The van der Waals surface area contributed by atoms with Crippen molar-refractivity contribution in [2.45, 2.75) is 25.3 Å². The van der Waals surface area contributed by atoms with E-state index in [0.29, 0.717) is 37.4 Å². The second-order valence-electron chi connectivity index (χ2n) is 7.25. The first-order valence-electron chi connectivity index (χ1n) is 10.4. The van der Waals surface area contributed by atoms with Crippen molar-refractivity contribution in [1.82, 2.24) is 15.5 Å². The van der Waals surface area contributed by atoms with Crippen molar-refractivity contribution in [3.63, 3.8) is 0 Å². The highest BCUT2D eigenvalue weighted by Crippen LogP contribution is 2.33. The van der Waals surface area contributed by atoms with Gasteiger partial charge in [0.25, 0.3) is 17.7 Å². The molecule has 1 atom stereocenters. The molecule has 0 spiro atoms. The van der Waals surface area contributed by atoms with Crippen LogP contribution in [0.25, 0.3) is 0 Å². The molecule has 1 saturated heterocycles. The molecule has 33 heavy (non-hydrogen) atoms. The van der Waals surface area contributed by atoms with Crippen LogP contribution in [-0.2, 0) is 23.9 Å². The Morgan fingerprint density at radius 1 is 1.12 bits per heavy atom. The van der Waals surface area contributed by atoms with Gasteiger partial charge in [-0.15, -0.1) is 0 Å². The molecule has 2 aliphatic rings. The van der Waals surface area contributed by atoms with E-state index in [4.69, 9.17) is 14.2 Å². The van der Waals surface area contributed by atoms with Crippen molar-refractivity contribution >= 4 is 52.1 Å². The molecule has 2 N–H and O–H groups in total. The number of ether oxygens (including phenoxy) is 3. The summed E-state index contributed by atoms with van der Waals surface area (Å²) in [5.74, 6) is -2.77. The molecular formula is C21H24IN3O8. The predicted molar refractivity (Wildman–Crippen MR) is 122 cm³/mol. The topological polar surface area (TPSA) is 140 Å². The van der Waals surface area contributed by atoms with Crippen LogP contribution in [0.15, 0.2) is 18.2 Å². The average Bonchev–Trinajstić information content (AvgIpc) is 3.05. The number of nitrogens with zero attached hydrogens (tertiary/aromatic N) is 1. The highest BCUT2D eigenvalue weighted by atomic mass is 127. The molecule has 178 valence electrons. The number of carbonyl (C=O) groups excluding carboxylic acids is 5. The van der Waals surface area contributed by atoms with E-state index in [1.54, 1.807) is 0 Å². The normalized spacial score (nSPS) is 17.7. The van der Waals surface area contributed by atoms with E-state index < -0.39 is 29.7 Å². The van der Waals surface area contributed by atoms with Gasteiger partial charge >= 0.3 is 0 Å². The van der Waals surface area contributed by atoms with Crippen LogP contribution < -0.4 is 15.4 Å². The van der Waals surface area contributed by atoms with Gasteiger partial charge in [0, 0.05) is 19.6 Å². The number of carbonyl (C=O) groups is 5. The summed E-state index contributed by atoms with van der Waals surface area (Å²) in [6, 6.07) is 3.41. The van der Waals surface area contributed by atoms with Gasteiger partial charge in [-0.3, -0.25) is 34.2 Å². The van der Waals surface area contributed by atoms with Crippen molar-refractivity contribution in [1.29, 1.82) is 0 Å². The Kier molecular flexibility index (Phi) is 9.14. The average molecular weight is 573 g/mol. The second-order valence-corrected chi connectivity index (χ2v) is 7.87. The number of hydrogen-bond acceptors (Lipinski definition) is 8. The fourth-order valence-electron chi connectivity index (χ4n) is 3.48. The maximum absolute atomic E-state index is 13.0. The highest BCUT2D eigenvalue weighted by molar-refractivity contribution is 14.1. The minimum atomic E-state index is -1.07. The number of piperidine rings is 1. The monoisotopic (exact) mass is 573 g/mol. The second kappa shape index (κ2) is 12.0.